The van der Waals surface area contributed by atoms with Crippen molar-refractivity contribution in [2.45, 2.75) is 26.2 Å². The maximum Gasteiger partial charge on any atom is 0.0717 e. The third-order valence-electron chi connectivity index (χ3n) is 2.86. The smallest absolute Gasteiger partial charge is 0.0717 e. The molecule has 2 aliphatic heterocycles. The molecule has 0 spiro atoms. The van der Waals surface area contributed by atoms with E-state index in [1.807, 2.05) is 18.2 Å². The van der Waals surface area contributed by atoms with Crippen LogP contribution in [0.2, 0.25) is 5.02 Å². The highest BCUT2D eigenvalue weighted by atomic mass is 35.5. The van der Waals surface area contributed by atoms with Gasteiger partial charge in [0.15, 0.2) is 0 Å². The normalized spacial score (nSPS) is 10.6. The van der Waals surface area contributed by atoms with Crippen molar-refractivity contribution < 1.29 is 0 Å². The molecule has 0 aromatic heterocycles. The third-order valence-corrected chi connectivity index (χ3v) is 3.10. The fourth-order valence-electron chi connectivity index (χ4n) is 1.84. The Bertz CT molecular complexity index is 596. The lowest BCUT2D eigenvalue weighted by atomic mass is 10.2. The van der Waals surface area contributed by atoms with Gasteiger partial charge in [0.25, 0.3) is 0 Å². The number of nitrogens with zero attached hydrogens (tertiary/aromatic N) is 4. The summed E-state index contributed by atoms with van der Waals surface area (Å²) in [7, 11) is 0. The molecule has 0 radical (unpaired) electrons. The predicted molar refractivity (Wildman–Crippen MR) is 75.4 cm³/mol. The van der Waals surface area contributed by atoms with E-state index in [-0.39, 0.29) is 0 Å². The van der Waals surface area contributed by atoms with Gasteiger partial charge in [-0.2, -0.15) is 0 Å². The summed E-state index contributed by atoms with van der Waals surface area (Å²) in [6, 6.07) is 5.97. The topological polar surface area (TPSA) is 53.7 Å². The molecule has 1 aromatic rings. The third kappa shape index (κ3) is 2.78. The van der Waals surface area contributed by atoms with Gasteiger partial charge in [0.1, 0.15) is 0 Å². The van der Waals surface area contributed by atoms with Crippen LogP contribution < -0.4 is 0 Å². The molecule has 0 aliphatic carbocycles. The van der Waals surface area contributed by atoms with Crippen molar-refractivity contribution in [1.82, 2.24) is 4.57 Å². The number of fused-ring (bicyclic) bond motifs is 4. The second-order valence-electron chi connectivity index (χ2n) is 4.21. The summed E-state index contributed by atoms with van der Waals surface area (Å²) in [6.45, 7) is 2.78. The van der Waals surface area contributed by atoms with Gasteiger partial charge >= 0.3 is 0 Å². The van der Waals surface area contributed by atoms with Crippen LogP contribution >= 0.6 is 11.6 Å². The molecule has 2 aliphatic rings. The molecule has 0 unspecified atom stereocenters. The molecule has 5 heteroatoms. The molecule has 0 N–H and O–H groups in total. The Kier molecular flexibility index (Phi) is 4.13. The van der Waals surface area contributed by atoms with Gasteiger partial charge in [-0.15, -0.1) is 0 Å². The van der Waals surface area contributed by atoms with Crippen LogP contribution in [-0.2, 0) is 0 Å². The summed E-state index contributed by atoms with van der Waals surface area (Å²) in [4.78, 5) is 2.63. The van der Waals surface area contributed by atoms with E-state index in [0.29, 0.717) is 6.54 Å². The fourth-order valence-corrected chi connectivity index (χ4v) is 2.01. The van der Waals surface area contributed by atoms with E-state index in [4.69, 9.17) is 17.1 Å². The zero-order valence-corrected chi connectivity index (χ0v) is 11.1. The molecule has 0 saturated heterocycles. The highest BCUT2D eigenvalue weighted by Crippen LogP contribution is 2.39. The van der Waals surface area contributed by atoms with E-state index >= 15 is 0 Å². The number of aromatic nitrogens is 1. The van der Waals surface area contributed by atoms with Crippen molar-refractivity contribution in [1.29, 1.82) is 0 Å². The van der Waals surface area contributed by atoms with Crippen LogP contribution in [0.5, 0.6) is 0 Å². The first-order valence-electron chi connectivity index (χ1n) is 6.09. The Labute approximate surface area is 111 Å². The standard InChI is InChI=1S/C8H4ClN.C5H11N3/c9-5-1-2-7-6(3-5)8-4-10(7)8;1-2-3-4-5-7-8-6/h1-4H;2-5H2,1H3. The number of rotatable bonds is 4. The van der Waals surface area contributed by atoms with Crippen LogP contribution in [0.15, 0.2) is 29.5 Å². The molecule has 94 valence electrons. The van der Waals surface area contributed by atoms with Crippen molar-refractivity contribution >= 4 is 22.5 Å². The molecule has 4 nitrogen and oxygen atoms in total. The van der Waals surface area contributed by atoms with E-state index in [1.54, 1.807) is 0 Å². The Morgan fingerprint density at radius 1 is 1.39 bits per heavy atom. The van der Waals surface area contributed by atoms with Crippen LogP contribution in [-0.4, -0.2) is 11.1 Å². The minimum atomic E-state index is 0.657. The molecule has 0 saturated carbocycles. The summed E-state index contributed by atoms with van der Waals surface area (Å²) in [6.07, 6.45) is 5.49. The largest absolute Gasteiger partial charge is 0.312 e. The number of benzene rings is 1. The summed E-state index contributed by atoms with van der Waals surface area (Å²) in [5, 5.41) is 5.51. The minimum absolute atomic E-state index is 0.657. The lowest BCUT2D eigenvalue weighted by Gasteiger charge is -2.03. The molecular weight excluding hydrogens is 248 g/mol. The van der Waals surface area contributed by atoms with E-state index in [9.17, 15) is 0 Å². The molecule has 0 fully saturated rings. The molecule has 1 aromatic carbocycles. The second kappa shape index (κ2) is 5.80. The average Bonchev–Trinajstić information content (AvgIpc) is 3.09. The molecule has 3 rings (SSSR count). The zero-order valence-electron chi connectivity index (χ0n) is 10.3. The van der Waals surface area contributed by atoms with E-state index in [1.165, 1.54) is 29.4 Å². The van der Waals surface area contributed by atoms with Crippen LogP contribution in [0.25, 0.3) is 27.0 Å². The maximum atomic E-state index is 7.82. The van der Waals surface area contributed by atoms with E-state index < -0.39 is 0 Å². The Balaban J connectivity index is 0.000000139. The van der Waals surface area contributed by atoms with Crippen LogP contribution in [0.3, 0.4) is 0 Å². The summed E-state index contributed by atoms with van der Waals surface area (Å²) >= 11 is 5.79. The Hall–Kier alpha value is -1.64. The van der Waals surface area contributed by atoms with Crippen molar-refractivity contribution in [3.8, 4) is 5.69 Å². The second-order valence-corrected chi connectivity index (χ2v) is 4.64. The zero-order chi connectivity index (χ0) is 13.0. The first-order chi connectivity index (χ1) is 8.77. The van der Waals surface area contributed by atoms with E-state index in [2.05, 4.69) is 27.7 Å². The van der Waals surface area contributed by atoms with Crippen LogP contribution in [0, 0.1) is 0 Å². The fraction of sp³-hybridized carbons (Fsp3) is 0.385. The minimum Gasteiger partial charge on any atom is -0.312 e. The van der Waals surface area contributed by atoms with Gasteiger partial charge in [-0.05, 0) is 30.2 Å². The van der Waals surface area contributed by atoms with E-state index in [0.717, 1.165) is 11.4 Å². The Morgan fingerprint density at radius 2 is 2.22 bits per heavy atom. The van der Waals surface area contributed by atoms with Crippen molar-refractivity contribution in [3.63, 3.8) is 0 Å². The molecule has 18 heavy (non-hydrogen) atoms. The highest BCUT2D eigenvalue weighted by Gasteiger charge is 2.21. The first-order valence-corrected chi connectivity index (χ1v) is 6.47. The highest BCUT2D eigenvalue weighted by molar-refractivity contribution is 6.31. The van der Waals surface area contributed by atoms with Gasteiger partial charge < -0.3 is 4.57 Å². The summed E-state index contributed by atoms with van der Waals surface area (Å²) < 4.78 is 2.16. The molecule has 2 heterocycles. The number of hydrogen-bond donors (Lipinski definition) is 0. The van der Waals surface area contributed by atoms with Crippen LogP contribution in [0.1, 0.15) is 26.2 Å². The quantitative estimate of drug-likeness (QED) is 0.272. The molecule has 0 amide bonds. The van der Waals surface area contributed by atoms with Gasteiger partial charge in [-0.25, -0.2) is 0 Å². The van der Waals surface area contributed by atoms with Gasteiger partial charge in [0.05, 0.1) is 11.2 Å². The molecular formula is C13H15ClN4. The average molecular weight is 263 g/mol. The maximum absolute atomic E-state index is 7.82. The lowest BCUT2D eigenvalue weighted by Crippen LogP contribution is -1.86. The molecule has 0 bridgehead atoms. The van der Waals surface area contributed by atoms with Crippen LogP contribution in [0.4, 0.5) is 0 Å². The first kappa shape index (κ1) is 12.8. The van der Waals surface area contributed by atoms with Gasteiger partial charge in [-0.1, -0.05) is 36.5 Å². The molecule has 0 atom stereocenters. The summed E-state index contributed by atoms with van der Waals surface area (Å²) in [5.41, 5.74) is 10.4. The van der Waals surface area contributed by atoms with Crippen molar-refractivity contribution in [3.05, 3.63) is 39.9 Å². The van der Waals surface area contributed by atoms with Gasteiger partial charge in [-0.3, -0.25) is 0 Å². The van der Waals surface area contributed by atoms with Gasteiger partial charge in [0.2, 0.25) is 0 Å². The monoisotopic (exact) mass is 262 g/mol. The van der Waals surface area contributed by atoms with Crippen molar-refractivity contribution in [2.75, 3.05) is 6.54 Å². The Morgan fingerprint density at radius 3 is 2.94 bits per heavy atom. The SMILES string of the molecule is CCCCCN=[N+]=[N-].Clc1ccc2c(c1)c1cn2-1. The summed E-state index contributed by atoms with van der Waals surface area (Å²) in [5.74, 6) is 0. The number of unbranched alkanes of at least 4 members (excludes halogenated alkanes) is 2. The number of halogens is 1. The van der Waals surface area contributed by atoms with Crippen molar-refractivity contribution in [2.24, 2.45) is 5.11 Å². The number of azide groups is 1. The predicted octanol–water partition coefficient (Wildman–Crippen LogP) is 5.08. The number of hydrogen-bond acceptors (Lipinski definition) is 1. The lowest BCUT2D eigenvalue weighted by molar-refractivity contribution is 0.725. The van der Waals surface area contributed by atoms with Gasteiger partial charge in [0, 0.05) is 28.1 Å².